The van der Waals surface area contributed by atoms with Crippen LogP contribution in [0.4, 0.5) is 34.1 Å². The monoisotopic (exact) mass is 558 g/mol. The van der Waals surface area contributed by atoms with Crippen LogP contribution in [0, 0.1) is 65.9 Å². The fourth-order valence-corrected chi connectivity index (χ4v) is 3.62. The summed E-state index contributed by atoms with van der Waals surface area (Å²) in [5.41, 5.74) is 21.0. The van der Waals surface area contributed by atoms with E-state index >= 15 is 0 Å². The standard InChI is InChI=1S/C30H18N6O6/c31-28-25(16-7-19-1-10-22(11-2-19)34(37)38)29(32)27(18-9-21-5-14-24(15-6-21)36(41)42)30(33)26(28)17-8-20-3-12-23(13-4-20)35(39)40/h1-6,10-15H,31-33H2. The first kappa shape index (κ1) is 28.2. The number of hydrogen-bond acceptors (Lipinski definition) is 9. The lowest BCUT2D eigenvalue weighted by Gasteiger charge is -2.13. The predicted molar refractivity (Wildman–Crippen MR) is 157 cm³/mol. The molecule has 4 rings (SSSR count). The van der Waals surface area contributed by atoms with Crippen molar-refractivity contribution in [3.8, 4) is 35.5 Å². The van der Waals surface area contributed by atoms with Crippen LogP contribution in [0.25, 0.3) is 0 Å². The Morgan fingerprint density at radius 1 is 0.405 bits per heavy atom. The average molecular weight is 559 g/mol. The molecule has 42 heavy (non-hydrogen) atoms. The van der Waals surface area contributed by atoms with E-state index in [1.807, 2.05) is 0 Å². The SMILES string of the molecule is Nc1c(C#Cc2ccc([N+](=O)[O-])cc2)c(N)c(C#Cc2ccc([N+](=O)[O-])cc2)c(N)c1C#Cc1ccc([N+](=O)[O-])cc1. The van der Waals surface area contributed by atoms with Crippen LogP contribution in [0.3, 0.4) is 0 Å². The summed E-state index contributed by atoms with van der Waals surface area (Å²) in [6, 6.07) is 16.7. The second-order valence-corrected chi connectivity index (χ2v) is 8.53. The number of benzene rings is 4. The highest BCUT2D eigenvalue weighted by Gasteiger charge is 2.17. The summed E-state index contributed by atoms with van der Waals surface area (Å²) in [6.07, 6.45) is 0. The molecular weight excluding hydrogens is 540 g/mol. The molecule has 0 aliphatic carbocycles. The Labute approximate surface area is 238 Å². The fourth-order valence-electron chi connectivity index (χ4n) is 3.62. The molecule has 6 N–H and O–H groups in total. The number of nitrogen functional groups attached to an aromatic ring is 3. The largest absolute Gasteiger partial charge is 0.397 e. The molecular formula is C30H18N6O6. The molecule has 0 bridgehead atoms. The number of hydrogen-bond donors (Lipinski definition) is 3. The number of rotatable bonds is 3. The van der Waals surface area contributed by atoms with Gasteiger partial charge < -0.3 is 17.2 Å². The molecule has 0 unspecified atom stereocenters. The van der Waals surface area contributed by atoms with Crippen molar-refractivity contribution in [1.82, 2.24) is 0 Å². The summed E-state index contributed by atoms with van der Waals surface area (Å²) in [6.45, 7) is 0. The Balaban J connectivity index is 1.84. The highest BCUT2D eigenvalue weighted by atomic mass is 16.6. The van der Waals surface area contributed by atoms with E-state index in [9.17, 15) is 30.3 Å². The van der Waals surface area contributed by atoms with Gasteiger partial charge >= 0.3 is 0 Å². The molecule has 0 saturated heterocycles. The number of nitro benzene ring substituents is 3. The Kier molecular flexibility index (Phi) is 7.99. The number of non-ortho nitro benzene ring substituents is 3. The molecule has 0 aliphatic rings. The molecule has 12 heteroatoms. The maximum atomic E-state index is 10.9. The van der Waals surface area contributed by atoms with E-state index in [-0.39, 0.29) is 50.8 Å². The minimum absolute atomic E-state index is 0.0645. The zero-order valence-electron chi connectivity index (χ0n) is 21.5. The van der Waals surface area contributed by atoms with E-state index in [0.717, 1.165) is 0 Å². The van der Waals surface area contributed by atoms with Crippen molar-refractivity contribution in [3.63, 3.8) is 0 Å². The average Bonchev–Trinajstić information content (AvgIpc) is 2.97. The molecule has 0 amide bonds. The number of nitrogens with two attached hydrogens (primary N) is 3. The summed E-state index contributed by atoms with van der Waals surface area (Å²) in [7, 11) is 0. The van der Waals surface area contributed by atoms with Crippen LogP contribution < -0.4 is 17.2 Å². The van der Waals surface area contributed by atoms with Crippen LogP contribution in [0.5, 0.6) is 0 Å². The van der Waals surface area contributed by atoms with Gasteiger partial charge in [-0.1, -0.05) is 35.5 Å². The van der Waals surface area contributed by atoms with Crippen molar-refractivity contribution in [2.75, 3.05) is 17.2 Å². The lowest BCUT2D eigenvalue weighted by Crippen LogP contribution is -2.08. The highest BCUT2D eigenvalue weighted by molar-refractivity contribution is 5.89. The minimum Gasteiger partial charge on any atom is -0.397 e. The third-order valence-corrected chi connectivity index (χ3v) is 5.85. The minimum atomic E-state index is -0.529. The van der Waals surface area contributed by atoms with E-state index in [0.29, 0.717) is 16.7 Å². The first-order valence-electron chi connectivity index (χ1n) is 11.8. The summed E-state index contributed by atoms with van der Waals surface area (Å²) in [5, 5.41) is 32.8. The molecule has 0 radical (unpaired) electrons. The van der Waals surface area contributed by atoms with Gasteiger partial charge in [-0.15, -0.1) is 0 Å². The van der Waals surface area contributed by atoms with Crippen LogP contribution in [0.1, 0.15) is 33.4 Å². The molecule has 0 aromatic heterocycles. The van der Waals surface area contributed by atoms with Crippen molar-refractivity contribution >= 4 is 34.1 Å². The predicted octanol–water partition coefficient (Wildman–Crippen LogP) is 4.36. The summed E-state index contributed by atoms with van der Waals surface area (Å²) in [5.74, 6) is 17.2. The lowest BCUT2D eigenvalue weighted by molar-refractivity contribution is -0.385. The van der Waals surface area contributed by atoms with E-state index in [1.165, 1.54) is 72.8 Å². The third kappa shape index (κ3) is 6.24. The van der Waals surface area contributed by atoms with E-state index in [4.69, 9.17) is 17.2 Å². The molecule has 12 nitrogen and oxygen atoms in total. The topological polar surface area (TPSA) is 207 Å². The van der Waals surface area contributed by atoms with Crippen LogP contribution in [-0.4, -0.2) is 14.8 Å². The zero-order valence-corrected chi connectivity index (χ0v) is 21.5. The Morgan fingerprint density at radius 2 is 0.619 bits per heavy atom. The quantitative estimate of drug-likeness (QED) is 0.141. The van der Waals surface area contributed by atoms with Crippen LogP contribution in [-0.2, 0) is 0 Å². The van der Waals surface area contributed by atoms with Gasteiger partial charge in [0.25, 0.3) is 17.1 Å². The lowest BCUT2D eigenvalue weighted by atomic mass is 9.97. The van der Waals surface area contributed by atoms with E-state index in [1.54, 1.807) is 0 Å². The van der Waals surface area contributed by atoms with Gasteiger partial charge in [-0.25, -0.2) is 0 Å². The number of nitrogens with zero attached hydrogens (tertiary/aromatic N) is 3. The molecule has 0 atom stereocenters. The smallest absolute Gasteiger partial charge is 0.269 e. The van der Waals surface area contributed by atoms with Crippen molar-refractivity contribution in [3.05, 3.63) is 137 Å². The fraction of sp³-hybridized carbons (Fsp3) is 0. The van der Waals surface area contributed by atoms with Gasteiger partial charge in [-0.3, -0.25) is 30.3 Å². The van der Waals surface area contributed by atoms with Gasteiger partial charge in [0.1, 0.15) is 0 Å². The van der Waals surface area contributed by atoms with Gasteiger partial charge in [-0.05, 0) is 36.4 Å². The van der Waals surface area contributed by atoms with Gasteiger partial charge in [0, 0.05) is 53.1 Å². The molecule has 0 saturated carbocycles. The Bertz CT molecular complexity index is 1690. The molecule has 0 spiro atoms. The molecule has 0 heterocycles. The molecule has 204 valence electrons. The zero-order chi connectivity index (χ0) is 30.4. The maximum absolute atomic E-state index is 10.9. The summed E-state index contributed by atoms with van der Waals surface area (Å²) >= 11 is 0. The highest BCUT2D eigenvalue weighted by Crippen LogP contribution is 2.33. The van der Waals surface area contributed by atoms with Gasteiger partial charge in [-0.2, -0.15) is 0 Å². The van der Waals surface area contributed by atoms with E-state index < -0.39 is 14.8 Å². The second-order valence-electron chi connectivity index (χ2n) is 8.53. The second kappa shape index (κ2) is 11.9. The van der Waals surface area contributed by atoms with Gasteiger partial charge in [0.05, 0.1) is 48.5 Å². The van der Waals surface area contributed by atoms with Crippen molar-refractivity contribution in [2.45, 2.75) is 0 Å². The summed E-state index contributed by atoms with van der Waals surface area (Å²) in [4.78, 5) is 31.3. The van der Waals surface area contributed by atoms with Gasteiger partial charge in [0.15, 0.2) is 0 Å². The van der Waals surface area contributed by atoms with Crippen molar-refractivity contribution in [2.24, 2.45) is 0 Å². The molecule has 4 aromatic carbocycles. The van der Waals surface area contributed by atoms with Crippen molar-refractivity contribution in [1.29, 1.82) is 0 Å². The Hall–Kier alpha value is -6.84. The first-order chi connectivity index (χ1) is 20.0. The molecule has 0 aliphatic heterocycles. The van der Waals surface area contributed by atoms with E-state index in [2.05, 4.69) is 35.5 Å². The Morgan fingerprint density at radius 3 is 0.810 bits per heavy atom. The summed E-state index contributed by atoms with van der Waals surface area (Å²) < 4.78 is 0. The maximum Gasteiger partial charge on any atom is 0.269 e. The number of nitro groups is 3. The molecule has 4 aromatic rings. The van der Waals surface area contributed by atoms with Crippen molar-refractivity contribution < 1.29 is 14.8 Å². The van der Waals surface area contributed by atoms with Crippen LogP contribution in [0.15, 0.2) is 72.8 Å². The third-order valence-electron chi connectivity index (χ3n) is 5.85. The van der Waals surface area contributed by atoms with Crippen LogP contribution >= 0.6 is 0 Å². The first-order valence-corrected chi connectivity index (χ1v) is 11.8. The van der Waals surface area contributed by atoms with Crippen LogP contribution in [0.2, 0.25) is 0 Å². The number of anilines is 3. The van der Waals surface area contributed by atoms with Gasteiger partial charge in [0.2, 0.25) is 0 Å². The normalized spacial score (nSPS) is 9.71. The molecule has 0 fully saturated rings.